The van der Waals surface area contributed by atoms with E-state index in [9.17, 15) is 13.2 Å². The maximum atomic E-state index is 11.5. The first-order valence-electron chi connectivity index (χ1n) is 6.25. The van der Waals surface area contributed by atoms with Crippen LogP contribution in [0.3, 0.4) is 0 Å². The lowest BCUT2D eigenvalue weighted by atomic mass is 9.97. The fourth-order valence-corrected chi connectivity index (χ4v) is 2.72. The number of carboxylic acid groups (broad SMARTS) is 1. The van der Waals surface area contributed by atoms with E-state index in [0.29, 0.717) is 19.4 Å². The lowest BCUT2D eigenvalue weighted by Gasteiger charge is -2.15. The van der Waals surface area contributed by atoms with Crippen molar-refractivity contribution < 1.29 is 18.3 Å². The maximum Gasteiger partial charge on any atom is 0.303 e. The third-order valence-corrected chi connectivity index (χ3v) is 3.95. The second kappa shape index (κ2) is 8.44. The molecule has 0 radical (unpaired) electrons. The van der Waals surface area contributed by atoms with Gasteiger partial charge in [0.1, 0.15) is 0 Å². The number of hydrogen-bond acceptors (Lipinski definition) is 3. The van der Waals surface area contributed by atoms with Crippen LogP contribution in [0.5, 0.6) is 0 Å². The SMILES string of the molecule is CCC(CCNS(=O)(=O)NC(C)C)CCC(=O)O. The van der Waals surface area contributed by atoms with Crippen LogP contribution >= 0.6 is 0 Å². The van der Waals surface area contributed by atoms with E-state index in [1.807, 2.05) is 6.92 Å². The summed E-state index contributed by atoms with van der Waals surface area (Å²) in [6.45, 7) is 5.81. The minimum atomic E-state index is -3.43. The smallest absolute Gasteiger partial charge is 0.303 e. The number of hydrogen-bond donors (Lipinski definition) is 3. The summed E-state index contributed by atoms with van der Waals surface area (Å²) >= 11 is 0. The lowest BCUT2D eigenvalue weighted by Crippen LogP contribution is -2.40. The summed E-state index contributed by atoms with van der Waals surface area (Å²) in [7, 11) is -3.43. The molecule has 0 aromatic heterocycles. The average molecular weight is 280 g/mol. The molecule has 1 atom stereocenters. The van der Waals surface area contributed by atoms with Gasteiger partial charge in [0, 0.05) is 19.0 Å². The molecule has 0 aromatic carbocycles. The summed E-state index contributed by atoms with van der Waals surface area (Å²) < 4.78 is 27.8. The van der Waals surface area contributed by atoms with Gasteiger partial charge in [-0.3, -0.25) is 4.79 Å². The summed E-state index contributed by atoms with van der Waals surface area (Å²) in [5.74, 6) is -0.571. The number of rotatable bonds is 10. The molecular formula is C11H24N2O4S. The highest BCUT2D eigenvalue weighted by atomic mass is 32.2. The summed E-state index contributed by atoms with van der Waals surface area (Å²) in [4.78, 5) is 10.5. The summed E-state index contributed by atoms with van der Waals surface area (Å²) in [6, 6.07) is -0.142. The molecule has 1 unspecified atom stereocenters. The van der Waals surface area contributed by atoms with Crippen molar-refractivity contribution >= 4 is 16.2 Å². The summed E-state index contributed by atoms with van der Waals surface area (Å²) in [5.41, 5.74) is 0. The average Bonchev–Trinajstić information content (AvgIpc) is 2.20. The highest BCUT2D eigenvalue weighted by Gasteiger charge is 2.13. The topological polar surface area (TPSA) is 95.5 Å². The van der Waals surface area contributed by atoms with Crippen molar-refractivity contribution in [3.63, 3.8) is 0 Å². The molecule has 0 aliphatic heterocycles. The van der Waals surface area contributed by atoms with Crippen LogP contribution in [0.1, 0.15) is 46.5 Å². The predicted molar refractivity (Wildman–Crippen MR) is 70.5 cm³/mol. The largest absolute Gasteiger partial charge is 0.481 e. The van der Waals surface area contributed by atoms with E-state index < -0.39 is 16.2 Å². The highest BCUT2D eigenvalue weighted by molar-refractivity contribution is 7.87. The van der Waals surface area contributed by atoms with Gasteiger partial charge in [-0.15, -0.1) is 0 Å². The number of nitrogens with one attached hydrogen (secondary N) is 2. The van der Waals surface area contributed by atoms with E-state index in [2.05, 4.69) is 9.44 Å². The maximum absolute atomic E-state index is 11.5. The van der Waals surface area contributed by atoms with E-state index in [4.69, 9.17) is 5.11 Å². The molecule has 7 heteroatoms. The molecule has 0 heterocycles. The highest BCUT2D eigenvalue weighted by Crippen LogP contribution is 2.14. The lowest BCUT2D eigenvalue weighted by molar-refractivity contribution is -0.137. The third kappa shape index (κ3) is 9.38. The second-order valence-electron chi connectivity index (χ2n) is 4.67. The molecule has 3 N–H and O–H groups in total. The molecule has 0 fully saturated rings. The van der Waals surface area contributed by atoms with Crippen LogP contribution in [0.15, 0.2) is 0 Å². The molecule has 0 aliphatic carbocycles. The Morgan fingerprint density at radius 2 is 1.89 bits per heavy atom. The second-order valence-corrected chi connectivity index (χ2v) is 6.20. The van der Waals surface area contributed by atoms with Gasteiger partial charge < -0.3 is 5.11 Å². The van der Waals surface area contributed by atoms with E-state index in [1.165, 1.54) is 0 Å². The Balaban J connectivity index is 3.96. The third-order valence-electron chi connectivity index (χ3n) is 2.58. The van der Waals surface area contributed by atoms with Crippen molar-refractivity contribution in [2.45, 2.75) is 52.5 Å². The van der Waals surface area contributed by atoms with E-state index in [1.54, 1.807) is 13.8 Å². The molecule has 0 spiro atoms. The first-order valence-corrected chi connectivity index (χ1v) is 7.73. The van der Waals surface area contributed by atoms with Crippen molar-refractivity contribution in [2.24, 2.45) is 5.92 Å². The van der Waals surface area contributed by atoms with Gasteiger partial charge >= 0.3 is 5.97 Å². The zero-order chi connectivity index (χ0) is 14.2. The Hall–Kier alpha value is -0.660. The minimum Gasteiger partial charge on any atom is -0.481 e. The van der Waals surface area contributed by atoms with Crippen molar-refractivity contribution in [3.8, 4) is 0 Å². The summed E-state index contributed by atoms with van der Waals surface area (Å²) in [6.07, 6.45) is 2.23. The first kappa shape index (κ1) is 17.3. The molecule has 6 nitrogen and oxygen atoms in total. The van der Waals surface area contributed by atoms with E-state index in [0.717, 1.165) is 6.42 Å². The van der Waals surface area contributed by atoms with Gasteiger partial charge in [0.25, 0.3) is 10.2 Å². The molecule has 0 aromatic rings. The van der Waals surface area contributed by atoms with Crippen LogP contribution in [0.25, 0.3) is 0 Å². The van der Waals surface area contributed by atoms with Gasteiger partial charge in [-0.2, -0.15) is 13.1 Å². The van der Waals surface area contributed by atoms with Gasteiger partial charge in [-0.1, -0.05) is 13.3 Å². The van der Waals surface area contributed by atoms with Crippen LogP contribution in [-0.2, 0) is 15.0 Å². The van der Waals surface area contributed by atoms with Gasteiger partial charge in [-0.25, -0.2) is 4.72 Å². The van der Waals surface area contributed by atoms with Crippen molar-refractivity contribution in [1.82, 2.24) is 9.44 Å². The number of carboxylic acids is 1. The fraction of sp³-hybridized carbons (Fsp3) is 0.909. The molecule has 0 bridgehead atoms. The number of aliphatic carboxylic acids is 1. The normalized spacial score (nSPS) is 13.8. The monoisotopic (exact) mass is 280 g/mol. The van der Waals surface area contributed by atoms with Crippen molar-refractivity contribution in [1.29, 1.82) is 0 Å². The van der Waals surface area contributed by atoms with Crippen molar-refractivity contribution in [2.75, 3.05) is 6.54 Å². The van der Waals surface area contributed by atoms with Gasteiger partial charge in [0.15, 0.2) is 0 Å². The zero-order valence-electron chi connectivity index (χ0n) is 11.3. The first-order chi connectivity index (χ1) is 8.26. The van der Waals surface area contributed by atoms with Crippen molar-refractivity contribution in [3.05, 3.63) is 0 Å². The molecule has 0 saturated heterocycles. The Kier molecular flexibility index (Phi) is 8.13. The summed E-state index contributed by atoms with van der Waals surface area (Å²) in [5, 5.41) is 8.59. The van der Waals surface area contributed by atoms with Crippen LogP contribution in [0, 0.1) is 5.92 Å². The molecule has 0 aliphatic rings. The zero-order valence-corrected chi connectivity index (χ0v) is 12.1. The van der Waals surface area contributed by atoms with Gasteiger partial charge in [0.2, 0.25) is 0 Å². The molecule has 0 rings (SSSR count). The Bertz CT molecular complexity index is 341. The number of carbonyl (C=O) groups is 1. The van der Waals surface area contributed by atoms with Crippen LogP contribution in [-0.4, -0.2) is 32.1 Å². The van der Waals surface area contributed by atoms with Gasteiger partial charge in [-0.05, 0) is 32.6 Å². The Morgan fingerprint density at radius 3 is 2.33 bits per heavy atom. The molecule has 0 amide bonds. The molecular weight excluding hydrogens is 256 g/mol. The van der Waals surface area contributed by atoms with Crippen LogP contribution in [0.2, 0.25) is 0 Å². The van der Waals surface area contributed by atoms with Gasteiger partial charge in [0.05, 0.1) is 0 Å². The van der Waals surface area contributed by atoms with E-state index in [-0.39, 0.29) is 18.4 Å². The Morgan fingerprint density at radius 1 is 1.28 bits per heavy atom. The molecule has 108 valence electrons. The van der Waals surface area contributed by atoms with Crippen LogP contribution < -0.4 is 9.44 Å². The van der Waals surface area contributed by atoms with Crippen LogP contribution in [0.4, 0.5) is 0 Å². The quantitative estimate of drug-likeness (QED) is 0.558. The predicted octanol–water partition coefficient (Wildman–Crippen LogP) is 1.10. The Labute approximate surface area is 109 Å². The minimum absolute atomic E-state index is 0.134. The van der Waals surface area contributed by atoms with E-state index >= 15 is 0 Å². The fourth-order valence-electron chi connectivity index (χ4n) is 1.63. The molecule has 18 heavy (non-hydrogen) atoms. The molecule has 0 saturated carbocycles. The standard InChI is InChI=1S/C11H24N2O4S/c1-4-10(5-6-11(14)15)7-8-12-18(16,17)13-9(2)3/h9-10,12-13H,4-8H2,1-3H3,(H,14,15).